The largest absolute Gasteiger partial charge is 0.326 e. The highest BCUT2D eigenvalue weighted by Crippen LogP contribution is 2.28. The average molecular weight is 441 g/mol. The van der Waals surface area contributed by atoms with Gasteiger partial charge in [0, 0.05) is 28.8 Å². The molecular formula is C20H22Cl2N2O3S. The van der Waals surface area contributed by atoms with Gasteiger partial charge in [0.15, 0.2) is 0 Å². The van der Waals surface area contributed by atoms with E-state index in [-0.39, 0.29) is 12.5 Å². The summed E-state index contributed by atoms with van der Waals surface area (Å²) >= 11 is 11.9. The third-order valence-electron chi connectivity index (χ3n) is 4.85. The van der Waals surface area contributed by atoms with Gasteiger partial charge in [0.25, 0.3) is 0 Å². The van der Waals surface area contributed by atoms with Gasteiger partial charge in [-0.05, 0) is 62.1 Å². The summed E-state index contributed by atoms with van der Waals surface area (Å²) in [5.41, 5.74) is 2.08. The number of rotatable bonds is 4. The molecular weight excluding hydrogens is 419 g/mol. The molecule has 0 aliphatic carbocycles. The number of carbonyl (C=O) groups is 1. The van der Waals surface area contributed by atoms with Crippen molar-refractivity contribution in [3.05, 3.63) is 57.6 Å². The summed E-state index contributed by atoms with van der Waals surface area (Å²) < 4.78 is 27.7. The Balaban J connectivity index is 1.77. The van der Waals surface area contributed by atoms with Crippen LogP contribution in [0.3, 0.4) is 0 Å². The van der Waals surface area contributed by atoms with Crippen molar-refractivity contribution in [2.45, 2.75) is 31.6 Å². The van der Waals surface area contributed by atoms with Gasteiger partial charge in [-0.25, -0.2) is 8.42 Å². The number of hydrogen-bond acceptors (Lipinski definition) is 3. The molecule has 1 aliphatic rings. The Hall–Kier alpha value is -1.60. The van der Waals surface area contributed by atoms with E-state index in [1.807, 2.05) is 13.0 Å². The van der Waals surface area contributed by atoms with E-state index in [0.29, 0.717) is 45.6 Å². The van der Waals surface area contributed by atoms with Gasteiger partial charge < -0.3 is 5.32 Å². The maximum absolute atomic E-state index is 13.1. The molecule has 0 saturated carbocycles. The highest BCUT2D eigenvalue weighted by Gasteiger charge is 2.34. The molecule has 2 aromatic carbocycles. The fourth-order valence-corrected chi connectivity index (χ4v) is 5.73. The lowest BCUT2D eigenvalue weighted by atomic mass is 9.99. The molecule has 1 amide bonds. The third-order valence-corrected chi connectivity index (χ3v) is 7.29. The maximum Gasteiger partial charge on any atom is 0.243 e. The summed E-state index contributed by atoms with van der Waals surface area (Å²) in [4.78, 5) is 13.0. The zero-order valence-corrected chi connectivity index (χ0v) is 18.0. The van der Waals surface area contributed by atoms with Crippen molar-refractivity contribution in [3.63, 3.8) is 0 Å². The molecule has 0 radical (unpaired) electrons. The van der Waals surface area contributed by atoms with Gasteiger partial charge in [0.1, 0.15) is 0 Å². The van der Waals surface area contributed by atoms with Crippen LogP contribution in [0.25, 0.3) is 0 Å². The van der Waals surface area contributed by atoms with E-state index in [0.717, 1.165) is 5.56 Å². The van der Waals surface area contributed by atoms with Crippen molar-refractivity contribution in [2.75, 3.05) is 18.4 Å². The molecule has 8 heteroatoms. The predicted molar refractivity (Wildman–Crippen MR) is 112 cm³/mol. The van der Waals surface area contributed by atoms with Crippen LogP contribution in [0.15, 0.2) is 41.3 Å². The molecule has 0 bridgehead atoms. The average Bonchev–Trinajstić information content (AvgIpc) is 2.63. The fraction of sp³-hybridized carbons (Fsp3) is 0.350. The second-order valence-electron chi connectivity index (χ2n) is 7.12. The Kier molecular flexibility index (Phi) is 6.34. The van der Waals surface area contributed by atoms with Gasteiger partial charge in [0.2, 0.25) is 15.9 Å². The zero-order chi connectivity index (χ0) is 20.5. The lowest BCUT2D eigenvalue weighted by Crippen LogP contribution is -2.43. The number of anilines is 1. The zero-order valence-electron chi connectivity index (χ0n) is 15.7. The van der Waals surface area contributed by atoms with E-state index < -0.39 is 15.9 Å². The van der Waals surface area contributed by atoms with Gasteiger partial charge in [-0.2, -0.15) is 4.31 Å². The summed E-state index contributed by atoms with van der Waals surface area (Å²) in [6.45, 7) is 4.20. The van der Waals surface area contributed by atoms with Crippen LogP contribution in [-0.2, 0) is 14.8 Å². The molecule has 1 aliphatic heterocycles. The van der Waals surface area contributed by atoms with Gasteiger partial charge in [-0.3, -0.25) is 4.79 Å². The molecule has 1 N–H and O–H groups in total. The van der Waals surface area contributed by atoms with Crippen LogP contribution >= 0.6 is 23.2 Å². The number of nitrogens with zero attached hydrogens (tertiary/aromatic N) is 1. The molecule has 28 heavy (non-hydrogen) atoms. The van der Waals surface area contributed by atoms with Crippen molar-refractivity contribution >= 4 is 44.8 Å². The normalized spacial score (nSPS) is 18.1. The van der Waals surface area contributed by atoms with E-state index in [4.69, 9.17) is 23.2 Å². The number of sulfonamides is 1. The Morgan fingerprint density at radius 1 is 1.11 bits per heavy atom. The summed E-state index contributed by atoms with van der Waals surface area (Å²) in [6, 6.07) is 10.2. The van der Waals surface area contributed by atoms with Gasteiger partial charge >= 0.3 is 0 Å². The molecule has 1 atom stereocenters. The molecule has 0 aromatic heterocycles. The third kappa shape index (κ3) is 4.69. The topological polar surface area (TPSA) is 66.5 Å². The van der Waals surface area contributed by atoms with Crippen molar-refractivity contribution in [1.29, 1.82) is 0 Å². The lowest BCUT2D eigenvalue weighted by molar-refractivity contribution is -0.120. The number of amides is 1. The standard InChI is InChI=1S/C20H22Cl2N2O3S/c1-13-5-6-14(2)19(8-13)28(26,27)24-7-3-4-15(12-24)20(25)23-18-10-16(21)9-17(22)11-18/h5-6,8-11,15H,3-4,7,12H2,1-2H3,(H,23,25)/t15-/m0/s1. The first-order valence-corrected chi connectivity index (χ1v) is 11.2. The SMILES string of the molecule is Cc1ccc(C)c(S(=O)(=O)N2CCC[C@H](C(=O)Nc3cc(Cl)cc(Cl)c3)C2)c1. The molecule has 0 unspecified atom stereocenters. The number of piperidine rings is 1. The summed E-state index contributed by atoms with van der Waals surface area (Å²) in [5.74, 6) is -0.675. The van der Waals surface area contributed by atoms with Gasteiger partial charge in [0.05, 0.1) is 10.8 Å². The van der Waals surface area contributed by atoms with E-state index in [9.17, 15) is 13.2 Å². The molecule has 1 fully saturated rings. The molecule has 0 spiro atoms. The minimum atomic E-state index is -3.66. The molecule has 3 rings (SSSR count). The van der Waals surface area contributed by atoms with Crippen molar-refractivity contribution in [1.82, 2.24) is 4.31 Å². The number of carbonyl (C=O) groups excluding carboxylic acids is 1. The van der Waals surface area contributed by atoms with Crippen LogP contribution in [0.1, 0.15) is 24.0 Å². The number of benzene rings is 2. The number of nitrogens with one attached hydrogen (secondary N) is 1. The minimum Gasteiger partial charge on any atom is -0.326 e. The number of halogens is 2. The van der Waals surface area contributed by atoms with Crippen LogP contribution in [-0.4, -0.2) is 31.7 Å². The van der Waals surface area contributed by atoms with E-state index in [1.54, 1.807) is 37.3 Å². The number of aryl methyl sites for hydroxylation is 2. The smallest absolute Gasteiger partial charge is 0.243 e. The monoisotopic (exact) mass is 440 g/mol. The Labute approximate surface area is 175 Å². The molecule has 1 saturated heterocycles. The molecule has 2 aromatic rings. The van der Waals surface area contributed by atoms with Crippen LogP contribution < -0.4 is 5.32 Å². The van der Waals surface area contributed by atoms with E-state index >= 15 is 0 Å². The maximum atomic E-state index is 13.1. The lowest BCUT2D eigenvalue weighted by Gasteiger charge is -2.31. The fourth-order valence-electron chi connectivity index (χ4n) is 3.37. The van der Waals surface area contributed by atoms with Crippen LogP contribution in [0, 0.1) is 19.8 Å². The Morgan fingerprint density at radius 2 is 1.79 bits per heavy atom. The summed E-state index contributed by atoms with van der Waals surface area (Å²) in [7, 11) is -3.66. The Morgan fingerprint density at radius 3 is 2.46 bits per heavy atom. The molecule has 150 valence electrons. The van der Waals surface area contributed by atoms with Gasteiger partial charge in [-0.15, -0.1) is 0 Å². The predicted octanol–water partition coefficient (Wildman–Crippen LogP) is 4.65. The van der Waals surface area contributed by atoms with Crippen LogP contribution in [0.4, 0.5) is 5.69 Å². The first-order chi connectivity index (χ1) is 13.2. The molecule has 5 nitrogen and oxygen atoms in total. The minimum absolute atomic E-state index is 0.149. The summed E-state index contributed by atoms with van der Waals surface area (Å²) in [5, 5.41) is 3.64. The second-order valence-corrected chi connectivity index (χ2v) is 9.90. The first-order valence-electron chi connectivity index (χ1n) is 9.01. The van der Waals surface area contributed by atoms with E-state index in [1.165, 1.54) is 4.31 Å². The number of hydrogen-bond donors (Lipinski definition) is 1. The highest BCUT2D eigenvalue weighted by molar-refractivity contribution is 7.89. The van der Waals surface area contributed by atoms with Gasteiger partial charge in [-0.1, -0.05) is 35.3 Å². The van der Waals surface area contributed by atoms with Crippen LogP contribution in [0.2, 0.25) is 10.0 Å². The van der Waals surface area contributed by atoms with E-state index in [2.05, 4.69) is 5.32 Å². The van der Waals surface area contributed by atoms with Crippen molar-refractivity contribution in [3.8, 4) is 0 Å². The Bertz CT molecular complexity index is 988. The first kappa shape index (κ1) is 21.1. The highest BCUT2D eigenvalue weighted by atomic mass is 35.5. The van der Waals surface area contributed by atoms with Crippen LogP contribution in [0.5, 0.6) is 0 Å². The quantitative estimate of drug-likeness (QED) is 0.751. The second kappa shape index (κ2) is 8.41. The summed E-state index contributed by atoms with van der Waals surface area (Å²) in [6.07, 6.45) is 1.25. The molecule has 1 heterocycles. The van der Waals surface area contributed by atoms with Crippen molar-refractivity contribution < 1.29 is 13.2 Å². The van der Waals surface area contributed by atoms with Crippen molar-refractivity contribution in [2.24, 2.45) is 5.92 Å².